The maximum absolute atomic E-state index is 5.60. The number of rotatable bonds is 5. The first-order valence-corrected chi connectivity index (χ1v) is 7.92. The zero-order chi connectivity index (χ0) is 14.3. The zero-order valence-electron chi connectivity index (χ0n) is 12.9. The van der Waals surface area contributed by atoms with Crippen LogP contribution in [0.5, 0.6) is 0 Å². The van der Waals surface area contributed by atoms with Crippen LogP contribution < -0.4 is 5.32 Å². The number of thiazole rings is 1. The molecular formula is C15H26N2OS. The van der Waals surface area contributed by atoms with E-state index < -0.39 is 0 Å². The largest absolute Gasteiger partial charge is 0.379 e. The second-order valence-electron chi connectivity index (χ2n) is 6.79. The molecule has 0 aliphatic heterocycles. The van der Waals surface area contributed by atoms with Gasteiger partial charge in [0, 0.05) is 23.9 Å². The van der Waals surface area contributed by atoms with Gasteiger partial charge in [0.2, 0.25) is 0 Å². The smallest absolute Gasteiger partial charge is 0.115 e. The van der Waals surface area contributed by atoms with E-state index in [0.29, 0.717) is 6.04 Å². The van der Waals surface area contributed by atoms with E-state index >= 15 is 0 Å². The lowest BCUT2D eigenvalue weighted by molar-refractivity contribution is 0.0349. The molecule has 108 valence electrons. The van der Waals surface area contributed by atoms with Crippen molar-refractivity contribution in [1.29, 1.82) is 0 Å². The van der Waals surface area contributed by atoms with Crippen molar-refractivity contribution in [2.45, 2.75) is 70.6 Å². The highest BCUT2D eigenvalue weighted by Gasteiger charge is 2.41. The monoisotopic (exact) mass is 282 g/mol. The summed E-state index contributed by atoms with van der Waals surface area (Å²) in [4.78, 5) is 4.88. The van der Waals surface area contributed by atoms with Crippen LogP contribution in [0.15, 0.2) is 5.38 Å². The van der Waals surface area contributed by atoms with Crippen LogP contribution >= 0.6 is 11.3 Å². The van der Waals surface area contributed by atoms with E-state index in [-0.39, 0.29) is 17.1 Å². The average Bonchev–Trinajstić information content (AvgIpc) is 2.97. The average molecular weight is 282 g/mol. The van der Waals surface area contributed by atoms with Crippen LogP contribution in [0.3, 0.4) is 0 Å². The van der Waals surface area contributed by atoms with E-state index in [9.17, 15) is 0 Å². The van der Waals surface area contributed by atoms with E-state index in [1.54, 1.807) is 18.4 Å². The van der Waals surface area contributed by atoms with Gasteiger partial charge in [0.1, 0.15) is 5.01 Å². The highest BCUT2D eigenvalue weighted by Crippen LogP contribution is 2.35. The molecule has 4 heteroatoms. The minimum Gasteiger partial charge on any atom is -0.379 e. The molecule has 2 unspecified atom stereocenters. The van der Waals surface area contributed by atoms with Gasteiger partial charge in [-0.1, -0.05) is 20.8 Å². The Bertz CT molecular complexity index is 434. The van der Waals surface area contributed by atoms with Gasteiger partial charge in [-0.25, -0.2) is 4.98 Å². The maximum atomic E-state index is 5.60. The molecule has 19 heavy (non-hydrogen) atoms. The normalized spacial score (nSPS) is 21.2. The molecule has 0 saturated heterocycles. The predicted molar refractivity (Wildman–Crippen MR) is 80.8 cm³/mol. The Morgan fingerprint density at radius 3 is 2.42 bits per heavy atom. The fraction of sp³-hybridized carbons (Fsp3) is 0.800. The third-order valence-electron chi connectivity index (χ3n) is 3.96. The SMILES string of the molecule is COC(C)C(C)(NC1CC1)c1nc(C(C)(C)C)cs1. The highest BCUT2D eigenvalue weighted by molar-refractivity contribution is 7.09. The highest BCUT2D eigenvalue weighted by atomic mass is 32.1. The molecule has 0 spiro atoms. The molecule has 0 aromatic carbocycles. The van der Waals surface area contributed by atoms with E-state index in [4.69, 9.17) is 9.72 Å². The Hall–Kier alpha value is -0.450. The number of hydrogen-bond acceptors (Lipinski definition) is 4. The molecule has 0 bridgehead atoms. The van der Waals surface area contributed by atoms with Crippen LogP contribution in [0.4, 0.5) is 0 Å². The van der Waals surface area contributed by atoms with Crippen molar-refractivity contribution in [2.24, 2.45) is 0 Å². The van der Waals surface area contributed by atoms with E-state index in [0.717, 1.165) is 5.01 Å². The molecule has 1 aromatic heterocycles. The number of nitrogens with zero attached hydrogens (tertiary/aromatic N) is 1. The summed E-state index contributed by atoms with van der Waals surface area (Å²) in [5.74, 6) is 0. The first kappa shape index (κ1) is 14.9. The van der Waals surface area contributed by atoms with Crippen LogP contribution in [0.2, 0.25) is 0 Å². The van der Waals surface area contributed by atoms with Crippen LogP contribution in [-0.2, 0) is 15.7 Å². The molecule has 1 aliphatic rings. The second kappa shape index (κ2) is 5.15. The number of aromatic nitrogens is 1. The Labute approximate surface area is 120 Å². The van der Waals surface area contributed by atoms with Gasteiger partial charge in [0.05, 0.1) is 17.3 Å². The van der Waals surface area contributed by atoms with Gasteiger partial charge < -0.3 is 10.1 Å². The van der Waals surface area contributed by atoms with Crippen LogP contribution in [0.25, 0.3) is 0 Å². The van der Waals surface area contributed by atoms with Crippen LogP contribution in [0.1, 0.15) is 58.2 Å². The van der Waals surface area contributed by atoms with Gasteiger partial charge in [-0.2, -0.15) is 0 Å². The molecule has 1 saturated carbocycles. The fourth-order valence-electron chi connectivity index (χ4n) is 2.10. The van der Waals surface area contributed by atoms with Crippen LogP contribution in [0, 0.1) is 0 Å². The third kappa shape index (κ3) is 3.18. The Balaban J connectivity index is 2.29. The van der Waals surface area contributed by atoms with Crippen LogP contribution in [-0.4, -0.2) is 24.2 Å². The Morgan fingerprint density at radius 1 is 1.37 bits per heavy atom. The molecule has 2 rings (SSSR count). The molecule has 2 atom stereocenters. The van der Waals surface area contributed by atoms with Gasteiger partial charge in [0.15, 0.2) is 0 Å². The lowest BCUT2D eigenvalue weighted by Crippen LogP contribution is -2.50. The van der Waals surface area contributed by atoms with Crippen molar-refractivity contribution >= 4 is 11.3 Å². The molecule has 0 amide bonds. The Kier molecular flexibility index (Phi) is 4.05. The van der Waals surface area contributed by atoms with E-state index in [1.165, 1.54) is 18.5 Å². The summed E-state index contributed by atoms with van der Waals surface area (Å²) in [6.07, 6.45) is 2.64. The van der Waals surface area contributed by atoms with Crippen molar-refractivity contribution < 1.29 is 4.74 Å². The lowest BCUT2D eigenvalue weighted by atomic mass is 9.92. The molecule has 3 nitrogen and oxygen atoms in total. The van der Waals surface area contributed by atoms with Gasteiger partial charge in [0.25, 0.3) is 0 Å². The zero-order valence-corrected chi connectivity index (χ0v) is 13.7. The van der Waals surface area contributed by atoms with Crippen molar-refractivity contribution in [3.05, 3.63) is 16.1 Å². The van der Waals surface area contributed by atoms with Crippen molar-refractivity contribution in [3.8, 4) is 0 Å². The Morgan fingerprint density at radius 2 is 2.00 bits per heavy atom. The first-order chi connectivity index (χ1) is 8.77. The van der Waals surface area contributed by atoms with Crippen molar-refractivity contribution in [1.82, 2.24) is 10.3 Å². The summed E-state index contributed by atoms with van der Waals surface area (Å²) in [5.41, 5.74) is 1.08. The summed E-state index contributed by atoms with van der Waals surface area (Å²) >= 11 is 1.74. The molecule has 1 fully saturated rings. The predicted octanol–water partition coefficient (Wildman–Crippen LogP) is 3.44. The number of nitrogens with one attached hydrogen (secondary N) is 1. The van der Waals surface area contributed by atoms with Gasteiger partial charge in [-0.05, 0) is 26.7 Å². The third-order valence-corrected chi connectivity index (χ3v) is 5.04. The number of ether oxygens (including phenoxy) is 1. The standard InChI is InChI=1S/C15H26N2OS/c1-10(18-6)15(5,17-11-7-8-11)13-16-12(9-19-13)14(2,3)4/h9-11,17H,7-8H2,1-6H3. The lowest BCUT2D eigenvalue weighted by Gasteiger charge is -2.34. The van der Waals surface area contributed by atoms with Crippen molar-refractivity contribution in [2.75, 3.05) is 7.11 Å². The van der Waals surface area contributed by atoms with Gasteiger partial charge >= 0.3 is 0 Å². The quantitative estimate of drug-likeness (QED) is 0.898. The maximum Gasteiger partial charge on any atom is 0.115 e. The minimum absolute atomic E-state index is 0.103. The first-order valence-electron chi connectivity index (χ1n) is 7.04. The summed E-state index contributed by atoms with van der Waals surface area (Å²) in [7, 11) is 1.77. The summed E-state index contributed by atoms with van der Waals surface area (Å²) in [6, 6.07) is 0.629. The molecular weight excluding hydrogens is 256 g/mol. The number of methoxy groups -OCH3 is 1. The summed E-state index contributed by atoms with van der Waals surface area (Å²) in [6.45, 7) is 10.9. The van der Waals surface area contributed by atoms with Gasteiger partial charge in [-0.15, -0.1) is 11.3 Å². The summed E-state index contributed by atoms with van der Waals surface area (Å²) < 4.78 is 5.60. The second-order valence-corrected chi connectivity index (χ2v) is 7.64. The summed E-state index contributed by atoms with van der Waals surface area (Å²) in [5, 5.41) is 7.04. The minimum atomic E-state index is -0.190. The van der Waals surface area contributed by atoms with E-state index in [2.05, 4.69) is 45.3 Å². The van der Waals surface area contributed by atoms with Gasteiger partial charge in [-0.3, -0.25) is 0 Å². The number of hydrogen-bond donors (Lipinski definition) is 1. The topological polar surface area (TPSA) is 34.1 Å². The molecule has 1 N–H and O–H groups in total. The molecule has 1 aliphatic carbocycles. The molecule has 0 radical (unpaired) electrons. The molecule has 1 aromatic rings. The molecule has 1 heterocycles. The fourth-order valence-corrected chi connectivity index (χ4v) is 3.35. The van der Waals surface area contributed by atoms with E-state index in [1.807, 2.05) is 0 Å². The van der Waals surface area contributed by atoms with Crippen molar-refractivity contribution in [3.63, 3.8) is 0 Å².